The summed E-state index contributed by atoms with van der Waals surface area (Å²) in [5.41, 5.74) is 5.61. The van der Waals surface area contributed by atoms with Crippen molar-refractivity contribution in [1.29, 1.82) is 0 Å². The smallest absolute Gasteiger partial charge is 0.0520 e. The van der Waals surface area contributed by atoms with Gasteiger partial charge >= 0.3 is 0 Å². The molecule has 0 fully saturated rings. The summed E-state index contributed by atoms with van der Waals surface area (Å²) in [6, 6.07) is 26.6. The zero-order valence-corrected chi connectivity index (χ0v) is 13.8. The highest BCUT2D eigenvalue weighted by molar-refractivity contribution is 6.00. The molecule has 1 heteroatoms. The molecule has 0 aromatic heterocycles. The standard InChI is InChI=1S/C23H19N/c1-24-22-15-13-16-6-2-4-8-19(16)21(22)14-12-18-11-10-17-7-3-5-9-20(17)23(18)24/h2-11,13,15H,12,14H2,1H3. The molecule has 4 aromatic carbocycles. The molecule has 0 unspecified atom stereocenters. The predicted molar refractivity (Wildman–Crippen MR) is 103 cm³/mol. The number of aryl methyl sites for hydroxylation is 2. The number of benzene rings is 4. The van der Waals surface area contributed by atoms with E-state index in [-0.39, 0.29) is 0 Å². The summed E-state index contributed by atoms with van der Waals surface area (Å²) in [7, 11) is 2.21. The van der Waals surface area contributed by atoms with Crippen molar-refractivity contribution in [2.24, 2.45) is 0 Å². The van der Waals surface area contributed by atoms with Crippen molar-refractivity contribution in [1.82, 2.24) is 0 Å². The van der Waals surface area contributed by atoms with Gasteiger partial charge in [-0.15, -0.1) is 0 Å². The van der Waals surface area contributed by atoms with Crippen LogP contribution in [-0.2, 0) is 12.8 Å². The molecule has 0 saturated carbocycles. The molecule has 1 heterocycles. The highest BCUT2D eigenvalue weighted by Crippen LogP contribution is 2.41. The molecule has 5 rings (SSSR count). The first-order valence-corrected chi connectivity index (χ1v) is 8.58. The predicted octanol–water partition coefficient (Wildman–Crippen LogP) is 5.86. The maximum Gasteiger partial charge on any atom is 0.0520 e. The Labute approximate surface area is 142 Å². The number of rotatable bonds is 0. The molecule has 0 saturated heterocycles. The number of fused-ring (bicyclic) bond motifs is 6. The molecule has 0 spiro atoms. The van der Waals surface area contributed by atoms with Crippen molar-refractivity contribution in [3.05, 3.63) is 83.9 Å². The Morgan fingerprint density at radius 1 is 0.667 bits per heavy atom. The van der Waals surface area contributed by atoms with Crippen LogP contribution >= 0.6 is 0 Å². The van der Waals surface area contributed by atoms with Gasteiger partial charge in [0.05, 0.1) is 5.69 Å². The van der Waals surface area contributed by atoms with Crippen LogP contribution < -0.4 is 4.90 Å². The van der Waals surface area contributed by atoms with Gasteiger partial charge in [0.1, 0.15) is 0 Å². The van der Waals surface area contributed by atoms with Crippen molar-refractivity contribution in [2.75, 3.05) is 11.9 Å². The van der Waals surface area contributed by atoms with Crippen molar-refractivity contribution < 1.29 is 0 Å². The second kappa shape index (κ2) is 5.10. The summed E-state index contributed by atoms with van der Waals surface area (Å²) in [6.45, 7) is 0. The summed E-state index contributed by atoms with van der Waals surface area (Å²) in [5, 5.41) is 5.38. The van der Waals surface area contributed by atoms with Crippen molar-refractivity contribution in [3.8, 4) is 0 Å². The summed E-state index contributed by atoms with van der Waals surface area (Å²) in [4.78, 5) is 2.40. The number of hydrogen-bond donors (Lipinski definition) is 0. The molecule has 116 valence electrons. The minimum atomic E-state index is 1.09. The largest absolute Gasteiger partial charge is 0.344 e. The molecule has 1 aliphatic heterocycles. The fourth-order valence-corrected chi connectivity index (χ4v) is 4.18. The van der Waals surface area contributed by atoms with Crippen LogP contribution in [0.2, 0.25) is 0 Å². The fourth-order valence-electron chi connectivity index (χ4n) is 4.18. The summed E-state index contributed by atoms with van der Waals surface area (Å²) in [5.74, 6) is 0. The van der Waals surface area contributed by atoms with Crippen LogP contribution in [0.3, 0.4) is 0 Å². The fraction of sp³-hybridized carbons (Fsp3) is 0.130. The van der Waals surface area contributed by atoms with Crippen molar-refractivity contribution in [3.63, 3.8) is 0 Å². The summed E-state index contributed by atoms with van der Waals surface area (Å²) >= 11 is 0. The van der Waals surface area contributed by atoms with E-state index in [1.54, 1.807) is 0 Å². The van der Waals surface area contributed by atoms with Crippen LogP contribution in [0.15, 0.2) is 72.8 Å². The summed E-state index contributed by atoms with van der Waals surface area (Å²) in [6.07, 6.45) is 2.18. The molecular formula is C23H19N. The molecule has 24 heavy (non-hydrogen) atoms. The van der Waals surface area contributed by atoms with Gasteiger partial charge in [0.25, 0.3) is 0 Å². The molecular weight excluding hydrogens is 290 g/mol. The average molecular weight is 309 g/mol. The van der Waals surface area contributed by atoms with Gasteiger partial charge in [-0.05, 0) is 46.2 Å². The van der Waals surface area contributed by atoms with Gasteiger partial charge in [-0.25, -0.2) is 0 Å². The number of anilines is 2. The van der Waals surface area contributed by atoms with E-state index in [1.165, 1.54) is 44.0 Å². The highest BCUT2D eigenvalue weighted by atomic mass is 15.1. The van der Waals surface area contributed by atoms with Crippen LogP contribution in [0.5, 0.6) is 0 Å². The molecule has 0 atom stereocenters. The third-order valence-electron chi connectivity index (χ3n) is 5.34. The van der Waals surface area contributed by atoms with Gasteiger partial charge in [0, 0.05) is 18.1 Å². The Bertz CT molecular complexity index is 1080. The van der Waals surface area contributed by atoms with Gasteiger partial charge in [-0.2, -0.15) is 0 Å². The lowest BCUT2D eigenvalue weighted by molar-refractivity contribution is 0.987. The lowest BCUT2D eigenvalue weighted by Gasteiger charge is -2.24. The third-order valence-corrected chi connectivity index (χ3v) is 5.34. The van der Waals surface area contributed by atoms with E-state index in [0.717, 1.165) is 12.8 Å². The maximum absolute atomic E-state index is 2.40. The third kappa shape index (κ3) is 1.88. The number of hydrogen-bond acceptors (Lipinski definition) is 1. The van der Waals surface area contributed by atoms with Crippen LogP contribution in [0.1, 0.15) is 11.1 Å². The molecule has 0 radical (unpaired) electrons. The first-order valence-electron chi connectivity index (χ1n) is 8.58. The molecule has 0 amide bonds. The van der Waals surface area contributed by atoms with E-state index in [0.29, 0.717) is 0 Å². The lowest BCUT2D eigenvalue weighted by atomic mass is 9.97. The molecule has 4 aromatic rings. The Balaban J connectivity index is 1.82. The first-order chi connectivity index (χ1) is 11.8. The van der Waals surface area contributed by atoms with E-state index in [9.17, 15) is 0 Å². The van der Waals surface area contributed by atoms with Gasteiger partial charge < -0.3 is 4.90 Å². The highest BCUT2D eigenvalue weighted by Gasteiger charge is 2.21. The maximum atomic E-state index is 2.40. The van der Waals surface area contributed by atoms with E-state index in [2.05, 4.69) is 84.7 Å². The van der Waals surface area contributed by atoms with Gasteiger partial charge in [-0.3, -0.25) is 0 Å². The van der Waals surface area contributed by atoms with Crippen LogP contribution in [-0.4, -0.2) is 7.05 Å². The van der Waals surface area contributed by atoms with Gasteiger partial charge in [-0.1, -0.05) is 66.7 Å². The van der Waals surface area contributed by atoms with E-state index in [4.69, 9.17) is 0 Å². The molecule has 0 aliphatic carbocycles. The molecule has 1 aliphatic rings. The van der Waals surface area contributed by atoms with Crippen LogP contribution in [0, 0.1) is 0 Å². The normalized spacial score (nSPS) is 13.6. The minimum absolute atomic E-state index is 1.09. The Morgan fingerprint density at radius 2 is 1.33 bits per heavy atom. The van der Waals surface area contributed by atoms with Crippen molar-refractivity contribution >= 4 is 32.9 Å². The van der Waals surface area contributed by atoms with E-state index >= 15 is 0 Å². The van der Waals surface area contributed by atoms with Gasteiger partial charge in [0.2, 0.25) is 0 Å². The van der Waals surface area contributed by atoms with E-state index < -0.39 is 0 Å². The topological polar surface area (TPSA) is 3.24 Å². The average Bonchev–Trinajstić information content (AvgIpc) is 2.79. The van der Waals surface area contributed by atoms with Crippen LogP contribution in [0.4, 0.5) is 11.4 Å². The number of nitrogens with zero attached hydrogens (tertiary/aromatic N) is 1. The van der Waals surface area contributed by atoms with Crippen molar-refractivity contribution in [2.45, 2.75) is 12.8 Å². The SMILES string of the molecule is CN1c2ccc3ccccc3c2CCc2ccc3ccccc3c21. The minimum Gasteiger partial charge on any atom is -0.344 e. The molecule has 1 nitrogen and oxygen atoms in total. The zero-order valence-electron chi connectivity index (χ0n) is 13.8. The summed E-state index contributed by atoms with van der Waals surface area (Å²) < 4.78 is 0. The molecule has 0 bridgehead atoms. The van der Waals surface area contributed by atoms with E-state index in [1.807, 2.05) is 0 Å². The van der Waals surface area contributed by atoms with Gasteiger partial charge in [0.15, 0.2) is 0 Å². The quantitative estimate of drug-likeness (QED) is 0.393. The lowest BCUT2D eigenvalue weighted by Crippen LogP contribution is -2.11. The zero-order chi connectivity index (χ0) is 16.1. The first kappa shape index (κ1) is 13.6. The van der Waals surface area contributed by atoms with Crippen LogP contribution in [0.25, 0.3) is 21.5 Å². The molecule has 0 N–H and O–H groups in total. The second-order valence-corrected chi connectivity index (χ2v) is 6.64. The second-order valence-electron chi connectivity index (χ2n) is 6.64. The Hall–Kier alpha value is -2.80. The monoisotopic (exact) mass is 309 g/mol. The Morgan fingerprint density at radius 3 is 2.17 bits per heavy atom. The Kier molecular flexibility index (Phi) is 2.90.